The van der Waals surface area contributed by atoms with Crippen LogP contribution in [0.3, 0.4) is 0 Å². The van der Waals surface area contributed by atoms with E-state index in [4.69, 9.17) is 11.6 Å². The van der Waals surface area contributed by atoms with Crippen LogP contribution in [0.15, 0.2) is 18.5 Å². The van der Waals surface area contributed by atoms with Gasteiger partial charge in [0.2, 0.25) is 0 Å². The van der Waals surface area contributed by atoms with Gasteiger partial charge in [0.1, 0.15) is 0 Å². The SMILES string of the molecule is CC(C)CC(C)N(C)c1ccncc1CCl. The van der Waals surface area contributed by atoms with E-state index in [1.165, 1.54) is 12.1 Å². The van der Waals surface area contributed by atoms with Gasteiger partial charge in [-0.3, -0.25) is 4.98 Å². The summed E-state index contributed by atoms with van der Waals surface area (Å²) in [6, 6.07) is 2.55. The molecule has 90 valence electrons. The van der Waals surface area contributed by atoms with E-state index in [0.717, 1.165) is 5.56 Å². The van der Waals surface area contributed by atoms with Gasteiger partial charge in [-0.05, 0) is 25.3 Å². The van der Waals surface area contributed by atoms with E-state index in [9.17, 15) is 0 Å². The van der Waals surface area contributed by atoms with Crippen molar-refractivity contribution < 1.29 is 0 Å². The third-order valence-corrected chi connectivity index (χ3v) is 3.16. The topological polar surface area (TPSA) is 16.1 Å². The maximum Gasteiger partial charge on any atom is 0.0509 e. The lowest BCUT2D eigenvalue weighted by molar-refractivity contribution is 0.503. The third-order valence-electron chi connectivity index (χ3n) is 2.88. The van der Waals surface area contributed by atoms with Gasteiger partial charge in [-0.15, -0.1) is 11.6 Å². The maximum absolute atomic E-state index is 5.92. The molecular formula is C13H21ClN2. The molecule has 0 N–H and O–H groups in total. The van der Waals surface area contributed by atoms with Crippen LogP contribution in [0.5, 0.6) is 0 Å². The quantitative estimate of drug-likeness (QED) is 0.730. The number of pyridine rings is 1. The summed E-state index contributed by atoms with van der Waals surface area (Å²) in [6.07, 6.45) is 4.85. The molecule has 16 heavy (non-hydrogen) atoms. The number of halogens is 1. The Bertz CT molecular complexity index is 325. The van der Waals surface area contributed by atoms with E-state index in [2.05, 4.69) is 37.7 Å². The predicted molar refractivity (Wildman–Crippen MR) is 71.1 cm³/mol. The molecule has 0 aliphatic rings. The number of alkyl halides is 1. The smallest absolute Gasteiger partial charge is 0.0509 e. The minimum atomic E-state index is 0.516. The Morgan fingerprint density at radius 2 is 2.06 bits per heavy atom. The van der Waals surface area contributed by atoms with Crippen LogP contribution in [-0.2, 0) is 5.88 Å². The highest BCUT2D eigenvalue weighted by atomic mass is 35.5. The summed E-state index contributed by atoms with van der Waals surface area (Å²) in [5.41, 5.74) is 2.29. The van der Waals surface area contributed by atoms with Gasteiger partial charge in [-0.2, -0.15) is 0 Å². The number of rotatable bonds is 5. The number of anilines is 1. The number of hydrogen-bond acceptors (Lipinski definition) is 2. The second-order valence-electron chi connectivity index (χ2n) is 4.73. The van der Waals surface area contributed by atoms with Crippen LogP contribution in [0.4, 0.5) is 5.69 Å². The Morgan fingerprint density at radius 3 is 2.62 bits per heavy atom. The van der Waals surface area contributed by atoms with Crippen molar-refractivity contribution in [1.82, 2.24) is 4.98 Å². The fraction of sp³-hybridized carbons (Fsp3) is 0.615. The Hall–Kier alpha value is -0.760. The highest BCUT2D eigenvalue weighted by Gasteiger charge is 2.14. The zero-order valence-electron chi connectivity index (χ0n) is 10.6. The van der Waals surface area contributed by atoms with Crippen LogP contribution in [0.1, 0.15) is 32.8 Å². The molecule has 0 bridgehead atoms. The number of aromatic nitrogens is 1. The standard InChI is InChI=1S/C13H21ClN2/c1-10(2)7-11(3)16(4)13-5-6-15-9-12(13)8-14/h5-6,9-11H,7-8H2,1-4H3. The zero-order valence-corrected chi connectivity index (χ0v) is 11.3. The first-order valence-corrected chi connectivity index (χ1v) is 6.31. The molecule has 2 nitrogen and oxygen atoms in total. The maximum atomic E-state index is 5.92. The summed E-state index contributed by atoms with van der Waals surface area (Å²) in [5, 5.41) is 0. The Balaban J connectivity index is 2.82. The van der Waals surface area contributed by atoms with E-state index in [-0.39, 0.29) is 0 Å². The van der Waals surface area contributed by atoms with Crippen molar-refractivity contribution >= 4 is 17.3 Å². The van der Waals surface area contributed by atoms with Gasteiger partial charge >= 0.3 is 0 Å². The first kappa shape index (κ1) is 13.3. The Morgan fingerprint density at radius 1 is 1.38 bits per heavy atom. The van der Waals surface area contributed by atoms with Gasteiger partial charge in [0.15, 0.2) is 0 Å². The van der Waals surface area contributed by atoms with Gasteiger partial charge < -0.3 is 4.90 Å². The molecule has 1 rings (SSSR count). The Labute approximate surface area is 104 Å². The van der Waals surface area contributed by atoms with E-state index in [1.807, 2.05) is 18.5 Å². The molecule has 0 spiro atoms. The second-order valence-corrected chi connectivity index (χ2v) is 4.99. The average molecular weight is 241 g/mol. The molecule has 1 atom stereocenters. The summed E-state index contributed by atoms with van der Waals surface area (Å²) in [5.74, 6) is 1.22. The molecule has 0 radical (unpaired) electrons. The molecule has 0 aromatic carbocycles. The summed E-state index contributed by atoms with van der Waals surface area (Å²) >= 11 is 5.92. The number of hydrogen-bond donors (Lipinski definition) is 0. The van der Waals surface area contributed by atoms with Crippen molar-refractivity contribution in [2.24, 2.45) is 5.92 Å². The third kappa shape index (κ3) is 3.38. The minimum Gasteiger partial charge on any atom is -0.372 e. The second kappa shape index (κ2) is 6.09. The predicted octanol–water partition coefficient (Wildman–Crippen LogP) is 3.69. The summed E-state index contributed by atoms with van der Waals surface area (Å²) < 4.78 is 0. The summed E-state index contributed by atoms with van der Waals surface area (Å²) in [6.45, 7) is 6.75. The molecule has 1 aromatic heterocycles. The van der Waals surface area contributed by atoms with Crippen molar-refractivity contribution in [3.8, 4) is 0 Å². The molecule has 3 heteroatoms. The van der Waals surface area contributed by atoms with Crippen LogP contribution < -0.4 is 4.90 Å². The highest BCUT2D eigenvalue weighted by molar-refractivity contribution is 6.17. The van der Waals surface area contributed by atoms with Crippen molar-refractivity contribution in [2.45, 2.75) is 39.1 Å². The van der Waals surface area contributed by atoms with Crippen molar-refractivity contribution in [3.63, 3.8) is 0 Å². The molecule has 0 aliphatic carbocycles. The van der Waals surface area contributed by atoms with E-state index >= 15 is 0 Å². The molecule has 0 saturated carbocycles. The molecule has 0 aliphatic heterocycles. The fourth-order valence-corrected chi connectivity index (χ4v) is 2.15. The lowest BCUT2D eigenvalue weighted by Crippen LogP contribution is -2.30. The lowest BCUT2D eigenvalue weighted by atomic mass is 10.0. The van der Waals surface area contributed by atoms with E-state index in [0.29, 0.717) is 17.8 Å². The molecular weight excluding hydrogens is 220 g/mol. The van der Waals surface area contributed by atoms with Crippen molar-refractivity contribution in [3.05, 3.63) is 24.0 Å². The van der Waals surface area contributed by atoms with Crippen LogP contribution in [0, 0.1) is 5.92 Å². The molecule has 0 saturated heterocycles. The van der Waals surface area contributed by atoms with E-state index < -0.39 is 0 Å². The highest BCUT2D eigenvalue weighted by Crippen LogP contribution is 2.23. The summed E-state index contributed by atoms with van der Waals surface area (Å²) in [4.78, 5) is 6.40. The molecule has 0 amide bonds. The first-order valence-electron chi connectivity index (χ1n) is 5.78. The molecule has 1 heterocycles. The Kier molecular flexibility index (Phi) is 5.07. The lowest BCUT2D eigenvalue weighted by Gasteiger charge is -2.29. The largest absolute Gasteiger partial charge is 0.372 e. The normalized spacial score (nSPS) is 12.9. The minimum absolute atomic E-state index is 0.516. The monoisotopic (exact) mass is 240 g/mol. The van der Waals surface area contributed by atoms with Gasteiger partial charge in [-0.25, -0.2) is 0 Å². The zero-order chi connectivity index (χ0) is 12.1. The first-order chi connectivity index (χ1) is 7.56. The summed E-state index contributed by atoms with van der Waals surface area (Å²) in [7, 11) is 2.12. The van der Waals surface area contributed by atoms with Gasteiger partial charge in [0, 0.05) is 36.7 Å². The fourth-order valence-electron chi connectivity index (χ4n) is 1.94. The van der Waals surface area contributed by atoms with Crippen molar-refractivity contribution in [2.75, 3.05) is 11.9 Å². The van der Waals surface area contributed by atoms with Crippen LogP contribution >= 0.6 is 11.6 Å². The molecule has 1 unspecified atom stereocenters. The molecule has 1 aromatic rings. The van der Waals surface area contributed by atoms with Gasteiger partial charge in [0.25, 0.3) is 0 Å². The van der Waals surface area contributed by atoms with Gasteiger partial charge in [0.05, 0.1) is 5.88 Å². The van der Waals surface area contributed by atoms with Crippen LogP contribution in [-0.4, -0.2) is 18.1 Å². The number of nitrogens with zero attached hydrogens (tertiary/aromatic N) is 2. The van der Waals surface area contributed by atoms with Gasteiger partial charge in [-0.1, -0.05) is 13.8 Å². The van der Waals surface area contributed by atoms with Crippen LogP contribution in [0.25, 0.3) is 0 Å². The van der Waals surface area contributed by atoms with E-state index in [1.54, 1.807) is 0 Å². The van der Waals surface area contributed by atoms with Crippen molar-refractivity contribution in [1.29, 1.82) is 0 Å². The van der Waals surface area contributed by atoms with Crippen LogP contribution in [0.2, 0.25) is 0 Å². The molecule has 0 fully saturated rings. The average Bonchev–Trinajstić information content (AvgIpc) is 2.27.